The third-order valence-electron chi connectivity index (χ3n) is 4.70. The van der Waals surface area contributed by atoms with Crippen LogP contribution in [0.1, 0.15) is 39.8 Å². The van der Waals surface area contributed by atoms with Gasteiger partial charge in [-0.15, -0.1) is 0 Å². The summed E-state index contributed by atoms with van der Waals surface area (Å²) >= 11 is 3.45. The van der Waals surface area contributed by atoms with Crippen LogP contribution in [0.3, 0.4) is 0 Å². The topological polar surface area (TPSA) is 85.6 Å². The van der Waals surface area contributed by atoms with E-state index >= 15 is 0 Å². The molecule has 31 heavy (non-hydrogen) atoms. The lowest BCUT2D eigenvalue weighted by Gasteiger charge is -2.10. The van der Waals surface area contributed by atoms with Crippen molar-refractivity contribution in [2.75, 3.05) is 0 Å². The summed E-state index contributed by atoms with van der Waals surface area (Å²) in [5, 5.41) is 8.49. The van der Waals surface area contributed by atoms with Gasteiger partial charge in [0.05, 0.1) is 27.1 Å². The van der Waals surface area contributed by atoms with Gasteiger partial charge in [-0.3, -0.25) is 9.48 Å². The van der Waals surface area contributed by atoms with Crippen molar-refractivity contribution < 1.29 is 14.3 Å². The van der Waals surface area contributed by atoms with E-state index < -0.39 is 5.97 Å². The normalized spacial score (nSPS) is 11.3. The van der Waals surface area contributed by atoms with E-state index in [4.69, 9.17) is 4.74 Å². The van der Waals surface area contributed by atoms with Crippen molar-refractivity contribution in [1.82, 2.24) is 15.2 Å². The van der Waals surface area contributed by atoms with Crippen LogP contribution < -0.4 is 10.2 Å². The Hall–Kier alpha value is -3.26. The van der Waals surface area contributed by atoms with E-state index in [0.717, 1.165) is 21.4 Å². The molecule has 0 radical (unpaired) electrons. The monoisotopic (exact) mass is 482 g/mol. The molecule has 1 heterocycles. The highest BCUT2D eigenvalue weighted by atomic mass is 79.9. The number of carbonyl (C=O) groups excluding carboxylic acids is 2. The Labute approximate surface area is 189 Å². The fourth-order valence-corrected chi connectivity index (χ4v) is 3.19. The first-order valence-electron chi connectivity index (χ1n) is 9.67. The number of aryl methyl sites for hydroxylation is 2. The Morgan fingerprint density at radius 3 is 2.42 bits per heavy atom. The van der Waals surface area contributed by atoms with Crippen LogP contribution in [0.5, 0.6) is 5.75 Å². The largest absolute Gasteiger partial charge is 0.422 e. The number of hydrazone groups is 1. The molecule has 0 aliphatic rings. The van der Waals surface area contributed by atoms with Crippen LogP contribution in [0, 0.1) is 20.8 Å². The third kappa shape index (κ3) is 5.46. The molecule has 0 atom stereocenters. The minimum absolute atomic E-state index is 0.0408. The lowest BCUT2D eigenvalue weighted by Crippen LogP contribution is -2.25. The number of hydrogen-bond acceptors (Lipinski definition) is 5. The average Bonchev–Trinajstić information content (AvgIpc) is 2.99. The molecule has 0 aliphatic carbocycles. The fourth-order valence-electron chi connectivity index (χ4n) is 2.91. The summed E-state index contributed by atoms with van der Waals surface area (Å²) < 4.78 is 8.06. The van der Waals surface area contributed by atoms with Crippen molar-refractivity contribution in [1.29, 1.82) is 0 Å². The predicted molar refractivity (Wildman–Crippen MR) is 122 cm³/mol. The number of nitrogens with one attached hydrogen (secondary N) is 1. The van der Waals surface area contributed by atoms with Crippen molar-refractivity contribution in [2.45, 2.75) is 34.2 Å². The molecular weight excluding hydrogens is 460 g/mol. The lowest BCUT2D eigenvalue weighted by atomic mass is 10.1. The van der Waals surface area contributed by atoms with Gasteiger partial charge in [-0.25, -0.2) is 10.2 Å². The Kier molecular flexibility index (Phi) is 7.02. The van der Waals surface area contributed by atoms with Gasteiger partial charge in [0.1, 0.15) is 12.3 Å². The SMILES string of the molecule is C/C(=N\NC(=O)Cn1nc(C)c(Br)c1C)c1ccccc1OC(=O)c1ccc(C)cc1. The van der Waals surface area contributed by atoms with Crippen molar-refractivity contribution >= 4 is 33.5 Å². The molecular formula is C23H23BrN4O3. The minimum atomic E-state index is -0.459. The highest BCUT2D eigenvalue weighted by Gasteiger charge is 2.14. The van der Waals surface area contributed by atoms with Gasteiger partial charge in [-0.2, -0.15) is 10.2 Å². The number of carbonyl (C=O) groups is 2. The number of halogens is 1. The zero-order valence-corrected chi connectivity index (χ0v) is 19.4. The summed E-state index contributed by atoms with van der Waals surface area (Å²) in [5.74, 6) is -0.406. The number of amides is 1. The molecule has 0 saturated heterocycles. The number of nitrogens with zero attached hydrogens (tertiary/aromatic N) is 3. The number of rotatable bonds is 6. The Morgan fingerprint density at radius 2 is 1.77 bits per heavy atom. The first-order chi connectivity index (χ1) is 14.8. The molecule has 0 bridgehead atoms. The molecule has 0 unspecified atom stereocenters. The van der Waals surface area contributed by atoms with Crippen molar-refractivity contribution in [3.8, 4) is 5.75 Å². The maximum Gasteiger partial charge on any atom is 0.343 e. The number of hydrogen-bond donors (Lipinski definition) is 1. The smallest absolute Gasteiger partial charge is 0.343 e. The van der Waals surface area contributed by atoms with E-state index in [9.17, 15) is 9.59 Å². The van der Waals surface area contributed by atoms with Crippen LogP contribution >= 0.6 is 15.9 Å². The summed E-state index contributed by atoms with van der Waals surface area (Å²) in [6.07, 6.45) is 0. The Bertz CT molecular complexity index is 1150. The minimum Gasteiger partial charge on any atom is -0.422 e. The molecule has 2 aromatic carbocycles. The maximum atomic E-state index is 12.5. The number of para-hydroxylation sites is 1. The maximum absolute atomic E-state index is 12.5. The van der Waals surface area contributed by atoms with Gasteiger partial charge in [0, 0.05) is 5.56 Å². The lowest BCUT2D eigenvalue weighted by molar-refractivity contribution is -0.121. The van der Waals surface area contributed by atoms with E-state index in [1.54, 1.807) is 41.9 Å². The molecule has 0 fully saturated rings. The van der Waals surface area contributed by atoms with E-state index in [1.807, 2.05) is 39.0 Å². The van der Waals surface area contributed by atoms with E-state index in [1.165, 1.54) is 0 Å². The molecule has 160 valence electrons. The third-order valence-corrected chi connectivity index (χ3v) is 5.85. The van der Waals surface area contributed by atoms with Crippen LogP contribution in [-0.2, 0) is 11.3 Å². The summed E-state index contributed by atoms with van der Waals surface area (Å²) in [4.78, 5) is 24.8. The predicted octanol–water partition coefficient (Wildman–Crippen LogP) is 4.33. The Balaban J connectivity index is 1.71. The first-order valence-corrected chi connectivity index (χ1v) is 10.5. The molecule has 0 spiro atoms. The highest BCUT2D eigenvalue weighted by molar-refractivity contribution is 9.10. The number of benzene rings is 2. The molecule has 8 heteroatoms. The van der Waals surface area contributed by atoms with Crippen LogP contribution in [0.4, 0.5) is 0 Å². The molecule has 3 rings (SSSR count). The summed E-state index contributed by atoms with van der Waals surface area (Å²) in [5.41, 5.74) is 6.85. The first kappa shape index (κ1) is 22.4. The second kappa shape index (κ2) is 9.70. The molecule has 3 aromatic rings. The number of ether oxygens (including phenoxy) is 1. The summed E-state index contributed by atoms with van der Waals surface area (Å²) in [6.45, 7) is 7.47. The van der Waals surface area contributed by atoms with Crippen molar-refractivity contribution in [3.05, 3.63) is 81.1 Å². The molecule has 7 nitrogen and oxygen atoms in total. The van der Waals surface area contributed by atoms with E-state index in [0.29, 0.717) is 22.6 Å². The molecule has 1 N–H and O–H groups in total. The van der Waals surface area contributed by atoms with Crippen LogP contribution in [0.2, 0.25) is 0 Å². The number of esters is 1. The fraction of sp³-hybridized carbons (Fsp3) is 0.217. The van der Waals surface area contributed by atoms with E-state index in [2.05, 4.69) is 31.6 Å². The zero-order valence-electron chi connectivity index (χ0n) is 17.8. The van der Waals surface area contributed by atoms with Gasteiger partial charge in [0.2, 0.25) is 0 Å². The average molecular weight is 483 g/mol. The van der Waals surface area contributed by atoms with Gasteiger partial charge in [-0.1, -0.05) is 29.8 Å². The zero-order chi connectivity index (χ0) is 22.5. The molecule has 0 aliphatic heterocycles. The van der Waals surface area contributed by atoms with Crippen molar-refractivity contribution in [3.63, 3.8) is 0 Å². The number of aromatic nitrogens is 2. The van der Waals surface area contributed by atoms with Gasteiger partial charge < -0.3 is 4.74 Å². The van der Waals surface area contributed by atoms with Gasteiger partial charge in [-0.05, 0) is 67.9 Å². The Morgan fingerprint density at radius 1 is 1.10 bits per heavy atom. The van der Waals surface area contributed by atoms with Crippen LogP contribution in [-0.4, -0.2) is 27.4 Å². The van der Waals surface area contributed by atoms with Crippen molar-refractivity contribution in [2.24, 2.45) is 5.10 Å². The molecule has 0 saturated carbocycles. The standard InChI is InChI=1S/C23H23BrN4O3/c1-14-9-11-18(12-10-14)23(30)31-20-8-6-5-7-19(20)15(2)25-26-21(29)13-28-17(4)22(24)16(3)27-28/h5-12H,13H2,1-4H3,(H,26,29)/b25-15+. The van der Waals surface area contributed by atoms with Crippen LogP contribution in [0.25, 0.3) is 0 Å². The summed E-state index contributed by atoms with van der Waals surface area (Å²) in [7, 11) is 0. The second-order valence-corrected chi connectivity index (χ2v) is 7.92. The second-order valence-electron chi connectivity index (χ2n) is 7.13. The highest BCUT2D eigenvalue weighted by Crippen LogP contribution is 2.21. The van der Waals surface area contributed by atoms with E-state index in [-0.39, 0.29) is 12.5 Å². The quantitative estimate of drug-likeness (QED) is 0.245. The van der Waals surface area contributed by atoms with Gasteiger partial charge in [0.15, 0.2) is 0 Å². The molecule has 1 amide bonds. The van der Waals surface area contributed by atoms with Gasteiger partial charge in [0.25, 0.3) is 5.91 Å². The van der Waals surface area contributed by atoms with Gasteiger partial charge >= 0.3 is 5.97 Å². The van der Waals surface area contributed by atoms with Crippen LogP contribution in [0.15, 0.2) is 58.1 Å². The summed E-state index contributed by atoms with van der Waals surface area (Å²) in [6, 6.07) is 14.2. The molecule has 1 aromatic heterocycles.